The van der Waals surface area contributed by atoms with Crippen LogP contribution in [0.2, 0.25) is 0 Å². The third-order valence-corrected chi connectivity index (χ3v) is 4.17. The molecule has 0 unspecified atom stereocenters. The monoisotopic (exact) mass is 378 g/mol. The Hall–Kier alpha value is -2.25. The number of hydrogen-bond acceptors (Lipinski definition) is 5. The molecule has 0 radical (unpaired) electrons. The van der Waals surface area contributed by atoms with Crippen LogP contribution < -0.4 is 15.4 Å². The van der Waals surface area contributed by atoms with E-state index in [4.69, 9.17) is 17.0 Å². The first-order chi connectivity index (χ1) is 12.0. The number of aliphatic hydroxyl groups is 1. The van der Waals surface area contributed by atoms with E-state index >= 15 is 0 Å². The molecule has 26 heavy (non-hydrogen) atoms. The number of Topliss-reactive ketones (excluding diaryl/α,β-unsaturated/α-hetero) is 1. The number of ketones is 1. The first-order valence-electron chi connectivity index (χ1n) is 8.20. The molecule has 6 nitrogen and oxygen atoms in total. The number of carbonyl (C=O) groups excluding carboxylic acids is 2. The van der Waals surface area contributed by atoms with Crippen molar-refractivity contribution in [1.82, 2.24) is 10.6 Å². The van der Waals surface area contributed by atoms with Gasteiger partial charge in [0.2, 0.25) is 5.91 Å². The Morgan fingerprint density at radius 2 is 1.81 bits per heavy atom. The molecule has 0 aliphatic carbocycles. The van der Waals surface area contributed by atoms with Gasteiger partial charge in [-0.25, -0.2) is 0 Å². The molecule has 7 heteroatoms. The average Bonchev–Trinajstić information content (AvgIpc) is 2.57. The summed E-state index contributed by atoms with van der Waals surface area (Å²) in [6.45, 7) is 10.7. The normalized spacial score (nSPS) is 11.4. The number of thiocarbonyl (C=S) groups is 1. The minimum Gasteiger partial charge on any atom is -0.492 e. The molecule has 0 aromatic heterocycles. The molecular formula is C19H26N2O4S. The molecule has 0 aliphatic rings. The third kappa shape index (κ3) is 6.57. The van der Waals surface area contributed by atoms with E-state index in [1.54, 1.807) is 38.1 Å². The summed E-state index contributed by atoms with van der Waals surface area (Å²) in [6.07, 6.45) is 1.19. The molecule has 0 saturated carbocycles. The Morgan fingerprint density at radius 1 is 1.23 bits per heavy atom. The van der Waals surface area contributed by atoms with Gasteiger partial charge in [0.1, 0.15) is 22.9 Å². The van der Waals surface area contributed by atoms with Crippen LogP contribution in [0.4, 0.5) is 0 Å². The number of amides is 1. The average molecular weight is 378 g/mol. The van der Waals surface area contributed by atoms with E-state index in [0.29, 0.717) is 29.5 Å². The molecule has 0 bridgehead atoms. The number of hydrogen-bond donors (Lipinski definition) is 3. The molecule has 1 aromatic rings. The summed E-state index contributed by atoms with van der Waals surface area (Å²) < 4.78 is 5.59. The molecule has 0 spiro atoms. The summed E-state index contributed by atoms with van der Waals surface area (Å²) in [7, 11) is 0. The van der Waals surface area contributed by atoms with E-state index in [1.165, 1.54) is 19.9 Å². The number of carbonyl (C=O) groups is 2. The van der Waals surface area contributed by atoms with Crippen LogP contribution in [0.15, 0.2) is 36.9 Å². The van der Waals surface area contributed by atoms with Crippen molar-refractivity contribution in [3.8, 4) is 5.75 Å². The fourth-order valence-corrected chi connectivity index (χ4v) is 2.18. The van der Waals surface area contributed by atoms with Gasteiger partial charge in [-0.3, -0.25) is 9.59 Å². The highest BCUT2D eigenvalue weighted by atomic mass is 32.1. The quantitative estimate of drug-likeness (QED) is 0.264. The summed E-state index contributed by atoms with van der Waals surface area (Å²) in [4.78, 5) is 23.8. The molecule has 142 valence electrons. The first kappa shape index (κ1) is 21.8. The van der Waals surface area contributed by atoms with Crippen LogP contribution in [-0.2, 0) is 4.79 Å². The second-order valence-electron chi connectivity index (χ2n) is 6.84. The summed E-state index contributed by atoms with van der Waals surface area (Å²) >= 11 is 5.29. The van der Waals surface area contributed by atoms with Gasteiger partial charge in [0.15, 0.2) is 5.78 Å². The van der Waals surface area contributed by atoms with Crippen LogP contribution >= 0.6 is 12.2 Å². The maximum absolute atomic E-state index is 12.0. The van der Waals surface area contributed by atoms with E-state index < -0.39 is 11.1 Å². The van der Waals surface area contributed by atoms with Crippen molar-refractivity contribution in [2.24, 2.45) is 0 Å². The lowest BCUT2D eigenvalue weighted by Gasteiger charge is -2.27. The summed E-state index contributed by atoms with van der Waals surface area (Å²) in [5.74, 6) is -0.0415. The zero-order valence-electron chi connectivity index (χ0n) is 15.6. The van der Waals surface area contributed by atoms with Crippen molar-refractivity contribution in [2.75, 3.05) is 13.2 Å². The summed E-state index contributed by atoms with van der Waals surface area (Å²) in [6, 6.07) is 6.57. The summed E-state index contributed by atoms with van der Waals surface area (Å²) in [5, 5.41) is 15.5. The summed E-state index contributed by atoms with van der Waals surface area (Å²) in [5.41, 5.74) is -1.68. The zero-order chi connectivity index (χ0) is 20.0. The van der Waals surface area contributed by atoms with Crippen LogP contribution in [0.5, 0.6) is 5.75 Å². The Labute approximate surface area is 159 Å². The van der Waals surface area contributed by atoms with Gasteiger partial charge in [0.05, 0.1) is 5.54 Å². The van der Waals surface area contributed by atoms with Crippen molar-refractivity contribution in [1.29, 1.82) is 0 Å². The molecular weight excluding hydrogens is 352 g/mol. The van der Waals surface area contributed by atoms with E-state index in [-0.39, 0.29) is 11.7 Å². The smallest absolute Gasteiger partial charge is 0.244 e. The number of ether oxygens (including phenoxy) is 1. The minimum atomic E-state index is -1.41. The second-order valence-corrected chi connectivity index (χ2v) is 7.24. The lowest BCUT2D eigenvalue weighted by Crippen LogP contribution is -2.53. The number of nitrogens with one attached hydrogen (secondary N) is 2. The van der Waals surface area contributed by atoms with Gasteiger partial charge in [0.25, 0.3) is 0 Å². The van der Waals surface area contributed by atoms with Gasteiger partial charge in [-0.15, -0.1) is 0 Å². The van der Waals surface area contributed by atoms with Crippen molar-refractivity contribution in [3.63, 3.8) is 0 Å². The molecule has 3 N–H and O–H groups in total. The van der Waals surface area contributed by atoms with Gasteiger partial charge in [-0.2, -0.15) is 0 Å². The lowest BCUT2D eigenvalue weighted by molar-refractivity contribution is -0.117. The Kier molecular flexibility index (Phi) is 7.47. The molecule has 1 amide bonds. The lowest BCUT2D eigenvalue weighted by atomic mass is 9.97. The van der Waals surface area contributed by atoms with E-state index in [0.717, 1.165) is 0 Å². The molecule has 0 fully saturated rings. The molecule has 1 aromatic carbocycles. The van der Waals surface area contributed by atoms with Crippen molar-refractivity contribution < 1.29 is 19.4 Å². The highest BCUT2D eigenvalue weighted by Gasteiger charge is 2.25. The van der Waals surface area contributed by atoms with E-state index in [9.17, 15) is 14.7 Å². The van der Waals surface area contributed by atoms with Gasteiger partial charge in [-0.1, -0.05) is 18.8 Å². The molecule has 1 rings (SSSR count). The molecule has 0 heterocycles. The number of rotatable bonds is 9. The van der Waals surface area contributed by atoms with E-state index in [2.05, 4.69) is 17.2 Å². The highest BCUT2D eigenvalue weighted by molar-refractivity contribution is 7.80. The van der Waals surface area contributed by atoms with Gasteiger partial charge >= 0.3 is 0 Å². The van der Waals surface area contributed by atoms with Gasteiger partial charge in [0, 0.05) is 12.1 Å². The minimum absolute atomic E-state index is 0.295. The SMILES string of the molecule is C=CC(=O)NC(C)(C)C(=S)NCCOc1ccc(C(=O)C(C)(C)O)cc1. The largest absolute Gasteiger partial charge is 0.492 e. The third-order valence-electron chi connectivity index (χ3n) is 3.52. The van der Waals surface area contributed by atoms with E-state index in [1.807, 2.05) is 0 Å². The standard InChI is InChI=1S/C19H26N2O4S/c1-6-15(22)21-18(2,3)17(26)20-11-12-25-14-9-7-13(8-10-14)16(23)19(4,5)24/h6-10,24H,1,11-12H2,2-5H3,(H,20,26)(H,21,22). The van der Waals surface area contributed by atoms with Crippen LogP contribution in [-0.4, -0.2) is 46.1 Å². The zero-order valence-corrected chi connectivity index (χ0v) is 16.4. The number of benzene rings is 1. The Balaban J connectivity index is 2.46. The molecule has 0 saturated heterocycles. The fraction of sp³-hybridized carbons (Fsp3) is 0.421. The van der Waals surface area contributed by atoms with Crippen molar-refractivity contribution in [3.05, 3.63) is 42.5 Å². The van der Waals surface area contributed by atoms with Crippen LogP contribution in [0.1, 0.15) is 38.1 Å². The molecule has 0 atom stereocenters. The molecule has 0 aliphatic heterocycles. The Morgan fingerprint density at radius 3 is 2.31 bits per heavy atom. The maximum Gasteiger partial charge on any atom is 0.244 e. The predicted octanol–water partition coefficient (Wildman–Crippen LogP) is 2.02. The van der Waals surface area contributed by atoms with Crippen molar-refractivity contribution in [2.45, 2.75) is 38.8 Å². The Bertz CT molecular complexity index is 676. The van der Waals surface area contributed by atoms with Crippen LogP contribution in [0.3, 0.4) is 0 Å². The van der Waals surface area contributed by atoms with Crippen molar-refractivity contribution >= 4 is 28.9 Å². The second kappa shape index (κ2) is 8.91. The van der Waals surface area contributed by atoms with Crippen LogP contribution in [0.25, 0.3) is 0 Å². The van der Waals surface area contributed by atoms with Crippen LogP contribution in [0, 0.1) is 0 Å². The van der Waals surface area contributed by atoms with Gasteiger partial charge < -0.3 is 20.5 Å². The fourth-order valence-electron chi connectivity index (χ4n) is 2.03. The highest BCUT2D eigenvalue weighted by Crippen LogP contribution is 2.17. The van der Waals surface area contributed by atoms with Gasteiger partial charge in [-0.05, 0) is 58.0 Å². The topological polar surface area (TPSA) is 87.7 Å². The first-order valence-corrected chi connectivity index (χ1v) is 8.61. The predicted molar refractivity (Wildman–Crippen MR) is 106 cm³/mol. The maximum atomic E-state index is 12.0.